The fraction of sp³-hybridized carbons (Fsp3) is 0.200. The van der Waals surface area contributed by atoms with E-state index in [1.807, 2.05) is 59.5 Å². The summed E-state index contributed by atoms with van der Waals surface area (Å²) in [6.45, 7) is 4.35. The number of piperazine rings is 1. The summed E-state index contributed by atoms with van der Waals surface area (Å²) in [7, 11) is 0. The molecule has 0 aromatic heterocycles. The number of nitrogens with zero attached hydrogens (tertiary/aromatic N) is 3. The van der Waals surface area contributed by atoms with Crippen LogP contribution in [0.15, 0.2) is 72.8 Å². The minimum atomic E-state index is -0.465. The Morgan fingerprint density at radius 2 is 1.55 bits per heavy atom. The molecule has 1 aliphatic heterocycles. The second kappa shape index (κ2) is 9.52. The topological polar surface area (TPSA) is 95.8 Å². The highest BCUT2D eigenvalue weighted by atomic mass is 16.6. The molecule has 8 heteroatoms. The molecule has 0 spiro atoms. The predicted octanol–water partition coefficient (Wildman–Crippen LogP) is 4.12. The highest BCUT2D eigenvalue weighted by Gasteiger charge is 2.22. The molecular formula is C25H24N4O4. The fourth-order valence-corrected chi connectivity index (χ4v) is 3.89. The summed E-state index contributed by atoms with van der Waals surface area (Å²) in [5, 5.41) is 13.8. The summed E-state index contributed by atoms with van der Waals surface area (Å²) in [5.74, 6) is -0.274. The molecule has 168 valence electrons. The number of hydrogen-bond acceptors (Lipinski definition) is 5. The van der Waals surface area contributed by atoms with Gasteiger partial charge in [-0.2, -0.15) is 0 Å². The molecule has 0 atom stereocenters. The molecular weight excluding hydrogens is 420 g/mol. The second-order valence-corrected chi connectivity index (χ2v) is 7.90. The van der Waals surface area contributed by atoms with Crippen LogP contribution < -0.4 is 10.2 Å². The highest BCUT2D eigenvalue weighted by molar-refractivity contribution is 6.04. The molecule has 1 aliphatic rings. The van der Waals surface area contributed by atoms with Gasteiger partial charge in [0.05, 0.1) is 4.92 Å². The van der Waals surface area contributed by atoms with Gasteiger partial charge in [-0.25, -0.2) is 0 Å². The van der Waals surface area contributed by atoms with Crippen LogP contribution in [0, 0.1) is 17.0 Å². The molecule has 0 saturated carbocycles. The number of hydrogen-bond donors (Lipinski definition) is 1. The number of nitrogens with one attached hydrogen (secondary N) is 1. The summed E-state index contributed by atoms with van der Waals surface area (Å²) in [6, 6.07) is 21.1. The first-order valence-corrected chi connectivity index (χ1v) is 10.7. The molecule has 2 amide bonds. The largest absolute Gasteiger partial charge is 0.368 e. The van der Waals surface area contributed by atoms with E-state index in [-0.39, 0.29) is 17.5 Å². The number of rotatable bonds is 5. The van der Waals surface area contributed by atoms with Gasteiger partial charge in [-0.15, -0.1) is 0 Å². The molecule has 1 saturated heterocycles. The molecule has 0 aliphatic carbocycles. The van der Waals surface area contributed by atoms with Gasteiger partial charge >= 0.3 is 0 Å². The third-order valence-corrected chi connectivity index (χ3v) is 5.73. The lowest BCUT2D eigenvalue weighted by Gasteiger charge is -2.36. The maximum atomic E-state index is 12.6. The fourth-order valence-electron chi connectivity index (χ4n) is 3.89. The van der Waals surface area contributed by atoms with Gasteiger partial charge < -0.3 is 15.1 Å². The highest BCUT2D eigenvalue weighted by Crippen LogP contribution is 2.22. The molecule has 3 aromatic rings. The van der Waals surface area contributed by atoms with Gasteiger partial charge in [-0.3, -0.25) is 19.7 Å². The Hall–Kier alpha value is -4.20. The van der Waals surface area contributed by atoms with Gasteiger partial charge in [0.25, 0.3) is 17.5 Å². The first kappa shape index (κ1) is 22.0. The molecule has 0 bridgehead atoms. The molecule has 33 heavy (non-hydrogen) atoms. The van der Waals surface area contributed by atoms with Gasteiger partial charge in [-0.1, -0.05) is 18.2 Å². The number of amides is 2. The third kappa shape index (κ3) is 5.01. The van der Waals surface area contributed by atoms with Crippen molar-refractivity contribution in [2.75, 3.05) is 36.4 Å². The Labute approximate surface area is 191 Å². The Bertz CT molecular complexity index is 1170. The number of carbonyl (C=O) groups excluding carboxylic acids is 2. The smallest absolute Gasteiger partial charge is 0.272 e. The number of carbonyl (C=O) groups is 2. The van der Waals surface area contributed by atoms with Gasteiger partial charge in [0.1, 0.15) is 0 Å². The van der Waals surface area contributed by atoms with Crippen LogP contribution in [0.3, 0.4) is 0 Å². The van der Waals surface area contributed by atoms with Crippen molar-refractivity contribution in [2.24, 2.45) is 0 Å². The summed E-state index contributed by atoms with van der Waals surface area (Å²) < 4.78 is 0. The van der Waals surface area contributed by atoms with E-state index in [0.29, 0.717) is 35.5 Å². The summed E-state index contributed by atoms with van der Waals surface area (Å²) in [4.78, 5) is 39.7. The van der Waals surface area contributed by atoms with Crippen LogP contribution in [-0.2, 0) is 0 Å². The minimum Gasteiger partial charge on any atom is -0.368 e. The van der Waals surface area contributed by atoms with Crippen LogP contribution in [-0.4, -0.2) is 47.8 Å². The van der Waals surface area contributed by atoms with E-state index < -0.39 is 4.92 Å². The van der Waals surface area contributed by atoms with Crippen molar-refractivity contribution in [2.45, 2.75) is 6.92 Å². The SMILES string of the molecule is Cc1cc(C(=O)Nc2ccc(N3CCN(C(=O)c4ccccc4)CC3)cc2)ccc1[N+](=O)[O-]. The summed E-state index contributed by atoms with van der Waals surface area (Å²) in [5.41, 5.74) is 3.15. The Kier molecular flexibility index (Phi) is 6.35. The van der Waals surface area contributed by atoms with Crippen molar-refractivity contribution in [3.8, 4) is 0 Å². The maximum Gasteiger partial charge on any atom is 0.272 e. The lowest BCUT2D eigenvalue weighted by molar-refractivity contribution is -0.385. The predicted molar refractivity (Wildman–Crippen MR) is 127 cm³/mol. The van der Waals surface area contributed by atoms with Crippen molar-refractivity contribution in [1.82, 2.24) is 4.90 Å². The average Bonchev–Trinajstić information content (AvgIpc) is 2.84. The van der Waals surface area contributed by atoms with E-state index in [1.54, 1.807) is 6.92 Å². The van der Waals surface area contributed by atoms with Crippen LogP contribution in [0.2, 0.25) is 0 Å². The first-order chi connectivity index (χ1) is 15.9. The van der Waals surface area contributed by atoms with Crippen LogP contribution in [0.1, 0.15) is 26.3 Å². The van der Waals surface area contributed by atoms with E-state index in [2.05, 4.69) is 10.2 Å². The van der Waals surface area contributed by atoms with Gasteiger partial charge in [0.15, 0.2) is 0 Å². The Morgan fingerprint density at radius 1 is 0.879 bits per heavy atom. The van der Waals surface area contributed by atoms with E-state index >= 15 is 0 Å². The zero-order valence-electron chi connectivity index (χ0n) is 18.2. The molecule has 0 radical (unpaired) electrons. The molecule has 0 unspecified atom stereocenters. The summed E-state index contributed by atoms with van der Waals surface area (Å²) >= 11 is 0. The number of benzene rings is 3. The number of nitro groups is 1. The monoisotopic (exact) mass is 444 g/mol. The van der Waals surface area contributed by atoms with E-state index in [9.17, 15) is 19.7 Å². The number of nitro benzene ring substituents is 1. The lowest BCUT2D eigenvalue weighted by Crippen LogP contribution is -2.48. The molecule has 1 N–H and O–H groups in total. The average molecular weight is 444 g/mol. The van der Waals surface area contributed by atoms with E-state index in [4.69, 9.17) is 0 Å². The van der Waals surface area contributed by atoms with Gasteiger partial charge in [-0.05, 0) is 55.5 Å². The molecule has 8 nitrogen and oxygen atoms in total. The van der Waals surface area contributed by atoms with E-state index in [0.717, 1.165) is 18.8 Å². The van der Waals surface area contributed by atoms with E-state index in [1.165, 1.54) is 18.2 Å². The third-order valence-electron chi connectivity index (χ3n) is 5.73. The first-order valence-electron chi connectivity index (χ1n) is 10.7. The van der Waals surface area contributed by atoms with Crippen molar-refractivity contribution >= 4 is 28.9 Å². The van der Waals surface area contributed by atoms with Crippen LogP contribution in [0.5, 0.6) is 0 Å². The minimum absolute atomic E-state index is 0.0125. The standard InChI is InChI=1S/C25H24N4O4/c1-18-17-20(7-12-23(18)29(32)33)24(30)26-21-8-10-22(11-9-21)27-13-15-28(16-14-27)25(31)19-5-3-2-4-6-19/h2-12,17H,13-16H2,1H3,(H,26,30). The van der Waals surface area contributed by atoms with Crippen molar-refractivity contribution in [3.05, 3.63) is 99.6 Å². The Balaban J connectivity index is 1.34. The quantitative estimate of drug-likeness (QED) is 0.472. The molecule has 4 rings (SSSR count). The van der Waals surface area contributed by atoms with Gasteiger partial charge in [0.2, 0.25) is 0 Å². The van der Waals surface area contributed by atoms with Gasteiger partial charge in [0, 0.05) is 60.3 Å². The zero-order valence-corrected chi connectivity index (χ0v) is 18.2. The zero-order chi connectivity index (χ0) is 23.4. The molecule has 1 heterocycles. The van der Waals surface area contributed by atoms with Crippen LogP contribution >= 0.6 is 0 Å². The maximum absolute atomic E-state index is 12.6. The van der Waals surface area contributed by atoms with Crippen LogP contribution in [0.4, 0.5) is 17.1 Å². The molecule has 1 fully saturated rings. The normalized spacial score (nSPS) is 13.5. The number of aryl methyl sites for hydroxylation is 1. The summed E-state index contributed by atoms with van der Waals surface area (Å²) in [6.07, 6.45) is 0. The second-order valence-electron chi connectivity index (χ2n) is 7.90. The van der Waals surface area contributed by atoms with Crippen molar-refractivity contribution in [3.63, 3.8) is 0 Å². The lowest BCUT2D eigenvalue weighted by atomic mass is 10.1. The number of anilines is 2. The Morgan fingerprint density at radius 3 is 2.15 bits per heavy atom. The van der Waals surface area contributed by atoms with Crippen LogP contribution in [0.25, 0.3) is 0 Å². The molecule has 3 aromatic carbocycles. The van der Waals surface area contributed by atoms with Crippen molar-refractivity contribution < 1.29 is 14.5 Å². The van der Waals surface area contributed by atoms with Crippen molar-refractivity contribution in [1.29, 1.82) is 0 Å².